The summed E-state index contributed by atoms with van der Waals surface area (Å²) in [5.74, 6) is 0.0309. The molecule has 2 aromatic rings. The number of rotatable bonds is 3. The summed E-state index contributed by atoms with van der Waals surface area (Å²) in [5, 5.41) is 5.30. The van der Waals surface area contributed by atoms with E-state index in [1.165, 1.54) is 21.8 Å². The third-order valence-corrected chi connectivity index (χ3v) is 5.40. The molecule has 5 heteroatoms. The number of nitrogens with zero attached hydrogens (tertiary/aromatic N) is 1. The lowest BCUT2D eigenvalue weighted by atomic mass is 9.94. The first-order valence-corrected chi connectivity index (χ1v) is 8.35. The highest BCUT2D eigenvalue weighted by molar-refractivity contribution is 7.12. The number of fused-ring (bicyclic) bond motifs is 1. The minimum atomic E-state index is 0.0309. The van der Waals surface area contributed by atoms with Gasteiger partial charge in [0.2, 0.25) is 0 Å². The molecular formula is C14H16N2OS2. The maximum atomic E-state index is 12.3. The number of carbonyl (C=O) groups excluding carboxylic acids is 1. The summed E-state index contributed by atoms with van der Waals surface area (Å²) in [4.78, 5) is 18.8. The van der Waals surface area contributed by atoms with Crippen molar-refractivity contribution in [1.82, 2.24) is 10.3 Å². The summed E-state index contributed by atoms with van der Waals surface area (Å²) in [5.41, 5.74) is 3.97. The van der Waals surface area contributed by atoms with Crippen molar-refractivity contribution in [2.75, 3.05) is 0 Å². The van der Waals surface area contributed by atoms with Crippen molar-refractivity contribution in [1.29, 1.82) is 0 Å². The van der Waals surface area contributed by atoms with E-state index in [2.05, 4.69) is 21.7 Å². The summed E-state index contributed by atoms with van der Waals surface area (Å²) < 4.78 is 0. The monoisotopic (exact) mass is 292 g/mol. The molecule has 0 aromatic carbocycles. The molecule has 0 spiro atoms. The van der Waals surface area contributed by atoms with Gasteiger partial charge in [0.1, 0.15) is 4.88 Å². The van der Waals surface area contributed by atoms with E-state index in [1.54, 1.807) is 16.8 Å². The zero-order chi connectivity index (χ0) is 13.2. The molecule has 1 amide bonds. The lowest BCUT2D eigenvalue weighted by Crippen LogP contribution is -2.30. The van der Waals surface area contributed by atoms with Gasteiger partial charge in [-0.1, -0.05) is 6.92 Å². The molecule has 1 aliphatic carbocycles. The quantitative estimate of drug-likeness (QED) is 0.939. The van der Waals surface area contributed by atoms with Crippen LogP contribution >= 0.6 is 22.7 Å². The van der Waals surface area contributed by atoms with E-state index in [9.17, 15) is 4.79 Å². The van der Waals surface area contributed by atoms with Crippen LogP contribution < -0.4 is 5.32 Å². The smallest absolute Gasteiger partial charge is 0.263 e. The van der Waals surface area contributed by atoms with Crippen LogP contribution in [0.3, 0.4) is 0 Å². The normalized spacial score (nSPS) is 18.1. The van der Waals surface area contributed by atoms with E-state index in [-0.39, 0.29) is 11.9 Å². The van der Waals surface area contributed by atoms with Crippen molar-refractivity contribution in [3.05, 3.63) is 38.0 Å². The van der Waals surface area contributed by atoms with Crippen LogP contribution in [0.2, 0.25) is 0 Å². The Labute approximate surface area is 120 Å². The predicted molar refractivity (Wildman–Crippen MR) is 79.0 cm³/mol. The maximum Gasteiger partial charge on any atom is 0.263 e. The average Bonchev–Trinajstić information content (AvgIpc) is 3.07. The number of hydrogen-bond acceptors (Lipinski definition) is 4. The molecule has 2 aromatic heterocycles. The lowest BCUT2D eigenvalue weighted by molar-refractivity contribution is 0.0936. The predicted octanol–water partition coefficient (Wildman–Crippen LogP) is 3.57. The third kappa shape index (κ3) is 2.44. The van der Waals surface area contributed by atoms with Gasteiger partial charge < -0.3 is 5.32 Å². The third-order valence-electron chi connectivity index (χ3n) is 3.54. The Morgan fingerprint density at radius 1 is 1.53 bits per heavy atom. The van der Waals surface area contributed by atoms with Crippen LogP contribution in [-0.2, 0) is 12.8 Å². The molecule has 0 fully saturated rings. The Balaban J connectivity index is 1.78. The number of amides is 1. The molecule has 1 aliphatic rings. The van der Waals surface area contributed by atoms with Crippen molar-refractivity contribution in [3.8, 4) is 0 Å². The Morgan fingerprint density at radius 2 is 2.42 bits per heavy atom. The highest BCUT2D eigenvalue weighted by Crippen LogP contribution is 2.33. The summed E-state index contributed by atoms with van der Waals surface area (Å²) in [6.45, 7) is 2.03. The Hall–Kier alpha value is -1.20. The van der Waals surface area contributed by atoms with Crippen molar-refractivity contribution in [3.63, 3.8) is 0 Å². The van der Waals surface area contributed by atoms with Crippen molar-refractivity contribution < 1.29 is 4.79 Å². The molecule has 2 heterocycles. The Kier molecular flexibility index (Phi) is 3.66. The zero-order valence-corrected chi connectivity index (χ0v) is 12.4. The van der Waals surface area contributed by atoms with Gasteiger partial charge >= 0.3 is 0 Å². The molecule has 3 rings (SSSR count). The second-order valence-electron chi connectivity index (χ2n) is 4.70. The number of aromatic nitrogens is 1. The molecule has 0 bridgehead atoms. The molecule has 3 nitrogen and oxygen atoms in total. The van der Waals surface area contributed by atoms with Gasteiger partial charge in [-0.25, -0.2) is 4.98 Å². The van der Waals surface area contributed by atoms with Crippen LogP contribution in [0, 0.1) is 0 Å². The van der Waals surface area contributed by atoms with Crippen molar-refractivity contribution in [2.24, 2.45) is 0 Å². The minimum absolute atomic E-state index is 0.0309. The molecular weight excluding hydrogens is 276 g/mol. The second-order valence-corrected chi connectivity index (χ2v) is 6.55. The van der Waals surface area contributed by atoms with E-state index in [1.807, 2.05) is 6.92 Å². The average molecular weight is 292 g/mol. The van der Waals surface area contributed by atoms with E-state index < -0.39 is 0 Å². The fraction of sp³-hybridized carbons (Fsp3) is 0.429. The number of carbonyl (C=O) groups is 1. The van der Waals surface area contributed by atoms with Crippen molar-refractivity contribution in [2.45, 2.75) is 38.6 Å². The molecule has 0 saturated carbocycles. The van der Waals surface area contributed by atoms with E-state index in [0.717, 1.165) is 36.3 Å². The number of thiophene rings is 1. The SMILES string of the molecule is CCc1ncsc1C(=O)NC1CCCc2sccc21. The van der Waals surface area contributed by atoms with Crippen LogP contribution in [0.1, 0.15) is 51.6 Å². The first-order valence-electron chi connectivity index (χ1n) is 6.59. The minimum Gasteiger partial charge on any atom is -0.344 e. The van der Waals surface area contributed by atoms with Gasteiger partial charge in [0.25, 0.3) is 5.91 Å². The molecule has 0 saturated heterocycles. The van der Waals surface area contributed by atoms with Gasteiger partial charge in [-0.05, 0) is 42.7 Å². The van der Waals surface area contributed by atoms with Crippen LogP contribution in [0.5, 0.6) is 0 Å². The molecule has 1 N–H and O–H groups in total. The van der Waals surface area contributed by atoms with Crippen LogP contribution in [0.4, 0.5) is 0 Å². The van der Waals surface area contributed by atoms with E-state index >= 15 is 0 Å². The van der Waals surface area contributed by atoms with Gasteiger partial charge in [0.05, 0.1) is 17.2 Å². The second kappa shape index (κ2) is 5.43. The van der Waals surface area contributed by atoms with E-state index in [4.69, 9.17) is 0 Å². The summed E-state index contributed by atoms with van der Waals surface area (Å²) in [6.07, 6.45) is 4.15. The molecule has 19 heavy (non-hydrogen) atoms. The molecule has 0 aliphatic heterocycles. The lowest BCUT2D eigenvalue weighted by Gasteiger charge is -2.23. The zero-order valence-electron chi connectivity index (χ0n) is 10.8. The highest BCUT2D eigenvalue weighted by Gasteiger charge is 2.24. The molecule has 1 atom stereocenters. The largest absolute Gasteiger partial charge is 0.344 e. The summed E-state index contributed by atoms with van der Waals surface area (Å²) in [7, 11) is 0. The Morgan fingerprint density at radius 3 is 3.26 bits per heavy atom. The molecule has 1 unspecified atom stereocenters. The topological polar surface area (TPSA) is 42.0 Å². The van der Waals surface area contributed by atoms with Gasteiger partial charge in [-0.2, -0.15) is 0 Å². The summed E-state index contributed by atoms with van der Waals surface area (Å²) in [6, 6.07) is 2.33. The number of thiazole rings is 1. The van der Waals surface area contributed by atoms with Crippen LogP contribution in [-0.4, -0.2) is 10.9 Å². The van der Waals surface area contributed by atoms with Gasteiger partial charge in [-0.15, -0.1) is 22.7 Å². The van der Waals surface area contributed by atoms with Gasteiger partial charge in [-0.3, -0.25) is 4.79 Å². The van der Waals surface area contributed by atoms with Gasteiger partial charge in [0.15, 0.2) is 0 Å². The molecule has 0 radical (unpaired) electrons. The van der Waals surface area contributed by atoms with Gasteiger partial charge in [0, 0.05) is 4.88 Å². The van der Waals surface area contributed by atoms with Crippen molar-refractivity contribution >= 4 is 28.6 Å². The van der Waals surface area contributed by atoms with E-state index in [0.29, 0.717) is 0 Å². The first-order chi connectivity index (χ1) is 9.29. The fourth-order valence-corrected chi connectivity index (χ4v) is 4.34. The molecule has 100 valence electrons. The highest BCUT2D eigenvalue weighted by atomic mass is 32.1. The van der Waals surface area contributed by atoms with Crippen LogP contribution in [0.15, 0.2) is 17.0 Å². The Bertz CT molecular complexity index is 588. The summed E-state index contributed by atoms with van der Waals surface area (Å²) >= 11 is 3.23. The fourth-order valence-electron chi connectivity index (χ4n) is 2.57. The maximum absolute atomic E-state index is 12.3. The first kappa shape index (κ1) is 12.8. The standard InChI is InChI=1S/C14H16N2OS2/c1-2-10-13(19-8-15-10)14(17)16-11-4-3-5-12-9(11)6-7-18-12/h6-8,11H,2-5H2,1H3,(H,16,17). The number of hydrogen-bond donors (Lipinski definition) is 1. The van der Waals surface area contributed by atoms with Crippen LogP contribution in [0.25, 0.3) is 0 Å². The number of aryl methyl sites for hydroxylation is 2. The number of nitrogens with one attached hydrogen (secondary N) is 1.